The van der Waals surface area contributed by atoms with Crippen LogP contribution in [0.4, 0.5) is 17.1 Å². The van der Waals surface area contributed by atoms with E-state index in [4.69, 9.17) is 61.1 Å². The molecule has 0 saturated heterocycles. The first-order valence-electron chi connectivity index (χ1n) is 25.5. The van der Waals surface area contributed by atoms with Gasteiger partial charge in [-0.1, -0.05) is 66.6 Å². The summed E-state index contributed by atoms with van der Waals surface area (Å²) in [5.74, 6) is -10.1. The van der Waals surface area contributed by atoms with Gasteiger partial charge in [0.1, 0.15) is 64.7 Å². The maximum Gasteiger partial charge on any atom is 0.336 e. The van der Waals surface area contributed by atoms with Gasteiger partial charge in [-0.05, 0) is 81.2 Å². The Kier molecular flexibility index (Phi) is 22.6. The molecule has 0 fully saturated rings. The van der Waals surface area contributed by atoms with Crippen molar-refractivity contribution in [2.24, 2.45) is 0 Å². The third-order valence-corrected chi connectivity index (χ3v) is 17.0. The minimum Gasteiger partial charge on any atom is -0.506 e. The standard InChI is InChI=1S/C57H55Cl2N3O23Si/c1-31(63)78-27-82-47(69)23-61(24-48(70)83-28-79-32(2)64)41-9-7-8-10-45(41)76-19-20-77-46-22-36(12-16-42(46)62(25-49(71)84-29-80-33(3)65)26-50(72)85-30-81-34(4)66)60-56(73)35-11-13-37(40(21-35)57(74)75)51-38-14-17-43(67)52(58)54(38)86(5,6)55-39(51)15-18-44(68)53(55)59/h7-18,21-22,67H,19-20,23-30H2,1-6H3,(H,60,73)(H,74,75). The summed E-state index contributed by atoms with van der Waals surface area (Å²) in [7, 11) is -2.99. The first-order chi connectivity index (χ1) is 40.8. The second-order valence-electron chi connectivity index (χ2n) is 18.8. The van der Waals surface area contributed by atoms with Gasteiger partial charge >= 0.3 is 53.7 Å². The van der Waals surface area contributed by atoms with E-state index < -0.39 is 127 Å². The van der Waals surface area contributed by atoms with Crippen LogP contribution in [0.1, 0.15) is 59.5 Å². The van der Waals surface area contributed by atoms with Gasteiger partial charge in [0.15, 0.2) is 5.78 Å². The molecule has 0 radical (unpaired) electrons. The van der Waals surface area contributed by atoms with Crippen LogP contribution in [0.2, 0.25) is 18.1 Å². The van der Waals surface area contributed by atoms with Crippen molar-refractivity contribution in [1.29, 1.82) is 0 Å². The number of hydrogen-bond donors (Lipinski definition) is 3. The minimum atomic E-state index is -2.99. The third-order valence-electron chi connectivity index (χ3n) is 12.4. The van der Waals surface area contributed by atoms with Crippen LogP contribution in [0.5, 0.6) is 17.2 Å². The predicted octanol–water partition coefficient (Wildman–Crippen LogP) is 5.22. The minimum absolute atomic E-state index is 0.00168. The molecular formula is C57H55Cl2N3O23Si. The number of esters is 8. The molecule has 0 aromatic heterocycles. The molecule has 454 valence electrons. The molecule has 4 aromatic carbocycles. The number of fused-ring (bicyclic) bond motifs is 2. The number of aromatic carboxylic acids is 1. The highest BCUT2D eigenvalue weighted by Gasteiger charge is 2.45. The quantitative estimate of drug-likeness (QED) is 0.0226. The van der Waals surface area contributed by atoms with Crippen molar-refractivity contribution in [3.05, 3.63) is 128 Å². The lowest BCUT2D eigenvalue weighted by atomic mass is 9.86. The summed E-state index contributed by atoms with van der Waals surface area (Å²) >= 11 is 13.5. The summed E-state index contributed by atoms with van der Waals surface area (Å²) in [5.41, 5.74) is 0.959. The fourth-order valence-electron chi connectivity index (χ4n) is 8.69. The Morgan fingerprint density at radius 2 is 1.05 bits per heavy atom. The zero-order chi connectivity index (χ0) is 63.0. The maximum absolute atomic E-state index is 14.3. The number of carbonyl (C=O) groups is 11. The number of para-hydroxylation sites is 2. The van der Waals surface area contributed by atoms with Crippen LogP contribution in [0.25, 0.3) is 5.57 Å². The topological polar surface area (TPSA) is 339 Å². The number of ketones is 1. The van der Waals surface area contributed by atoms with E-state index in [0.717, 1.165) is 38.7 Å². The number of carboxylic acid groups (broad SMARTS) is 1. The summed E-state index contributed by atoms with van der Waals surface area (Å²) in [6.07, 6.45) is 2.81. The zero-order valence-electron chi connectivity index (χ0n) is 46.8. The molecule has 4 aromatic rings. The Morgan fingerprint density at radius 1 is 0.570 bits per heavy atom. The highest BCUT2D eigenvalue weighted by Crippen LogP contribution is 2.47. The molecule has 1 aliphatic carbocycles. The molecule has 0 bridgehead atoms. The SMILES string of the molecule is CC(=O)OCOC(=O)CN(CC(=O)OCOC(C)=O)c1ccccc1OCCOc1cc(NC(=O)c2ccc(C3=C4C=CC(=O)C(Cl)=C4[Si](C)(C)c4c3ccc(O)c4Cl)c(C(=O)O)c2)ccc1N(CC(=O)OCOC(C)=O)CC(=O)OCOC(C)=O. The van der Waals surface area contributed by atoms with Gasteiger partial charge in [-0.3, -0.25) is 47.9 Å². The Hall–Kier alpha value is -9.73. The van der Waals surface area contributed by atoms with Gasteiger partial charge in [0.2, 0.25) is 27.2 Å². The number of aromatic hydroxyl groups is 1. The summed E-state index contributed by atoms with van der Waals surface area (Å²) in [6, 6.07) is 16.9. The molecule has 0 saturated carbocycles. The molecule has 0 atom stereocenters. The van der Waals surface area contributed by atoms with Crippen LogP contribution >= 0.6 is 23.2 Å². The number of nitrogens with zero attached hydrogens (tertiary/aromatic N) is 2. The number of phenols is 1. The summed E-state index contributed by atoms with van der Waals surface area (Å²) in [6.45, 7) is 1.59. The van der Waals surface area contributed by atoms with E-state index in [-0.39, 0.29) is 74.3 Å². The maximum atomic E-state index is 14.3. The van der Waals surface area contributed by atoms with Crippen molar-refractivity contribution < 1.29 is 110 Å². The lowest BCUT2D eigenvalue weighted by molar-refractivity contribution is -0.167. The number of ether oxygens (including phenoxy) is 10. The van der Waals surface area contributed by atoms with E-state index in [1.165, 1.54) is 59.5 Å². The van der Waals surface area contributed by atoms with E-state index in [1.54, 1.807) is 24.3 Å². The number of nitrogens with one attached hydrogen (secondary N) is 1. The van der Waals surface area contributed by atoms with Crippen molar-refractivity contribution in [2.75, 3.05) is 81.7 Å². The van der Waals surface area contributed by atoms with E-state index in [9.17, 15) is 63.0 Å². The summed E-state index contributed by atoms with van der Waals surface area (Å²) in [4.78, 5) is 140. The first-order valence-corrected chi connectivity index (χ1v) is 29.3. The lowest BCUT2D eigenvalue weighted by Gasteiger charge is -2.39. The van der Waals surface area contributed by atoms with E-state index in [2.05, 4.69) is 14.8 Å². The van der Waals surface area contributed by atoms with E-state index in [0.29, 0.717) is 27.1 Å². The van der Waals surface area contributed by atoms with Crippen molar-refractivity contribution in [3.8, 4) is 17.2 Å². The largest absolute Gasteiger partial charge is 0.506 e. The Morgan fingerprint density at radius 3 is 1.55 bits per heavy atom. The average Bonchev–Trinajstić information content (AvgIpc) is 0.714. The number of anilines is 3. The van der Waals surface area contributed by atoms with Crippen molar-refractivity contribution in [3.63, 3.8) is 0 Å². The second kappa shape index (κ2) is 29.7. The van der Waals surface area contributed by atoms with Crippen molar-refractivity contribution in [1.82, 2.24) is 0 Å². The fraction of sp³-hybridized carbons (Fsp3) is 0.281. The van der Waals surface area contributed by atoms with Gasteiger partial charge in [0.05, 0.1) is 27.0 Å². The molecule has 1 amide bonds. The third kappa shape index (κ3) is 17.2. The highest BCUT2D eigenvalue weighted by molar-refractivity contribution is 6.99. The van der Waals surface area contributed by atoms with Gasteiger partial charge in [-0.2, -0.15) is 0 Å². The van der Waals surface area contributed by atoms with Gasteiger partial charge in [0.25, 0.3) is 5.91 Å². The molecule has 6 rings (SSSR count). The number of carboxylic acids is 1. The molecule has 2 aliphatic rings. The number of allylic oxidation sites excluding steroid dienone is 5. The van der Waals surface area contributed by atoms with Crippen LogP contribution in [-0.2, 0) is 81.0 Å². The number of hydrogen-bond acceptors (Lipinski definition) is 24. The molecule has 29 heteroatoms. The number of phenolic OH excluding ortho intramolecular Hbond substituents is 1. The average molecular weight is 1250 g/mol. The number of rotatable bonds is 27. The number of halogens is 2. The normalized spacial score (nSPS) is 12.7. The zero-order valence-corrected chi connectivity index (χ0v) is 49.3. The smallest absolute Gasteiger partial charge is 0.336 e. The van der Waals surface area contributed by atoms with Crippen LogP contribution in [0.15, 0.2) is 101 Å². The molecular weight excluding hydrogens is 1190 g/mol. The van der Waals surface area contributed by atoms with Crippen molar-refractivity contribution >= 4 is 125 Å². The Bertz CT molecular complexity index is 3420. The van der Waals surface area contributed by atoms with Gasteiger partial charge in [0, 0.05) is 45.0 Å². The van der Waals surface area contributed by atoms with Crippen molar-refractivity contribution in [2.45, 2.75) is 40.8 Å². The van der Waals surface area contributed by atoms with Crippen LogP contribution in [-0.4, -0.2) is 150 Å². The molecule has 3 N–H and O–H groups in total. The lowest BCUT2D eigenvalue weighted by Crippen LogP contribution is -2.50. The Balaban J connectivity index is 1.35. The molecule has 0 unspecified atom stereocenters. The fourth-order valence-corrected chi connectivity index (χ4v) is 13.8. The number of amides is 1. The molecule has 26 nitrogen and oxygen atoms in total. The molecule has 1 heterocycles. The van der Waals surface area contributed by atoms with Crippen LogP contribution in [0.3, 0.4) is 0 Å². The Labute approximate surface area is 500 Å². The second-order valence-corrected chi connectivity index (χ2v) is 23.8. The highest BCUT2D eigenvalue weighted by atomic mass is 35.5. The number of carbonyl (C=O) groups excluding carboxylic acids is 10. The first kappa shape index (κ1) is 65.4. The molecule has 1 aliphatic heterocycles. The van der Waals surface area contributed by atoms with Crippen LogP contribution < -0.4 is 29.8 Å². The van der Waals surface area contributed by atoms with Gasteiger partial charge in [-0.15, -0.1) is 0 Å². The van der Waals surface area contributed by atoms with Gasteiger partial charge < -0.3 is 72.7 Å². The van der Waals surface area contributed by atoms with Crippen LogP contribution in [0, 0.1) is 0 Å². The summed E-state index contributed by atoms with van der Waals surface area (Å²) in [5, 5.41) is 25.1. The molecule has 0 spiro atoms. The van der Waals surface area contributed by atoms with Gasteiger partial charge in [-0.25, -0.2) is 4.79 Å². The van der Waals surface area contributed by atoms with E-state index >= 15 is 0 Å². The van der Waals surface area contributed by atoms with E-state index in [1.807, 2.05) is 13.1 Å². The summed E-state index contributed by atoms with van der Waals surface area (Å²) < 4.78 is 51.2. The monoisotopic (exact) mass is 1250 g/mol. The number of benzene rings is 4. The predicted molar refractivity (Wildman–Crippen MR) is 304 cm³/mol. The molecule has 86 heavy (non-hydrogen) atoms.